The maximum atomic E-state index is 5.86. The Balaban J connectivity index is 2.48. The third kappa shape index (κ3) is 1.62. The van der Waals surface area contributed by atoms with Gasteiger partial charge in [0.2, 0.25) is 0 Å². The molecule has 14 heavy (non-hydrogen) atoms. The number of rotatable bonds is 1. The summed E-state index contributed by atoms with van der Waals surface area (Å²) in [6.45, 7) is 2.02. The van der Waals surface area contributed by atoms with E-state index in [1.54, 1.807) is 0 Å². The molecule has 0 atom stereocenters. The number of nitrogen functional groups attached to an aromatic ring is 1. The number of benzene rings is 2. The van der Waals surface area contributed by atoms with Crippen LogP contribution in [0.1, 0.15) is 5.56 Å². The molecule has 0 saturated heterocycles. The molecule has 0 saturated carbocycles. The monoisotopic (exact) mass is 183 g/mol. The largest absolute Gasteiger partial charge is 0.398 e. The molecule has 2 N–H and O–H groups in total. The first-order valence-electron chi connectivity index (χ1n) is 4.69. The predicted octanol–water partition coefficient (Wildman–Crippen LogP) is 3.24. The molecule has 1 nitrogen and oxygen atoms in total. The lowest BCUT2D eigenvalue weighted by molar-refractivity contribution is 1.47. The van der Waals surface area contributed by atoms with E-state index in [1.165, 1.54) is 11.1 Å². The first-order valence-corrected chi connectivity index (χ1v) is 4.69. The second kappa shape index (κ2) is 3.54. The molecule has 70 valence electrons. The molecule has 0 bridgehead atoms. The molecule has 2 aromatic rings. The van der Waals surface area contributed by atoms with Gasteiger partial charge in [-0.3, -0.25) is 0 Å². The van der Waals surface area contributed by atoms with E-state index in [2.05, 4.69) is 24.3 Å². The van der Waals surface area contributed by atoms with Gasteiger partial charge in [0, 0.05) is 5.69 Å². The summed E-state index contributed by atoms with van der Waals surface area (Å²) >= 11 is 0. The minimum Gasteiger partial charge on any atom is -0.398 e. The van der Waals surface area contributed by atoms with Crippen molar-refractivity contribution < 1.29 is 0 Å². The summed E-state index contributed by atoms with van der Waals surface area (Å²) in [5.41, 5.74) is 10.2. The van der Waals surface area contributed by atoms with Gasteiger partial charge in [-0.15, -0.1) is 0 Å². The van der Waals surface area contributed by atoms with Gasteiger partial charge in [0.15, 0.2) is 0 Å². The van der Waals surface area contributed by atoms with Crippen molar-refractivity contribution in [3.05, 3.63) is 54.1 Å². The van der Waals surface area contributed by atoms with Gasteiger partial charge >= 0.3 is 0 Å². The average Bonchev–Trinajstić information content (AvgIpc) is 2.23. The number of aryl methyl sites for hydroxylation is 1. The molecule has 0 aliphatic carbocycles. The minimum absolute atomic E-state index is 0.853. The van der Waals surface area contributed by atoms with Crippen LogP contribution in [0.25, 0.3) is 11.1 Å². The van der Waals surface area contributed by atoms with Crippen molar-refractivity contribution in [2.75, 3.05) is 5.73 Å². The molecule has 0 aliphatic heterocycles. The van der Waals surface area contributed by atoms with Gasteiger partial charge in [-0.25, -0.2) is 0 Å². The SMILES string of the molecule is Cc1ccc(-c2ccccc2)cc1N. The first kappa shape index (κ1) is 8.82. The van der Waals surface area contributed by atoms with Crippen molar-refractivity contribution in [2.45, 2.75) is 6.92 Å². The summed E-state index contributed by atoms with van der Waals surface area (Å²) < 4.78 is 0. The molecule has 0 unspecified atom stereocenters. The van der Waals surface area contributed by atoms with Crippen molar-refractivity contribution in [2.24, 2.45) is 0 Å². The topological polar surface area (TPSA) is 26.0 Å². The van der Waals surface area contributed by atoms with E-state index in [9.17, 15) is 0 Å². The van der Waals surface area contributed by atoms with E-state index in [4.69, 9.17) is 5.73 Å². The zero-order valence-corrected chi connectivity index (χ0v) is 8.20. The molecule has 2 rings (SSSR count). The fourth-order valence-electron chi connectivity index (χ4n) is 1.45. The van der Waals surface area contributed by atoms with Crippen molar-refractivity contribution >= 4 is 5.69 Å². The van der Waals surface area contributed by atoms with Gasteiger partial charge in [0.1, 0.15) is 0 Å². The summed E-state index contributed by atoms with van der Waals surface area (Å²) in [6, 6.07) is 16.4. The summed E-state index contributed by atoms with van der Waals surface area (Å²) in [4.78, 5) is 0. The highest BCUT2D eigenvalue weighted by Crippen LogP contribution is 2.22. The first-order chi connectivity index (χ1) is 6.77. The van der Waals surface area contributed by atoms with E-state index >= 15 is 0 Å². The lowest BCUT2D eigenvalue weighted by atomic mass is 10.0. The van der Waals surface area contributed by atoms with E-state index in [0.29, 0.717) is 0 Å². The van der Waals surface area contributed by atoms with Gasteiger partial charge in [-0.05, 0) is 29.7 Å². The van der Waals surface area contributed by atoms with E-state index in [0.717, 1.165) is 11.3 Å². The summed E-state index contributed by atoms with van der Waals surface area (Å²) in [6.07, 6.45) is 0. The summed E-state index contributed by atoms with van der Waals surface area (Å²) in [5.74, 6) is 0. The highest BCUT2D eigenvalue weighted by Gasteiger charge is 1.98. The highest BCUT2D eigenvalue weighted by atomic mass is 14.5. The summed E-state index contributed by atoms with van der Waals surface area (Å²) in [7, 11) is 0. The predicted molar refractivity (Wildman–Crippen MR) is 61.0 cm³/mol. The average molecular weight is 183 g/mol. The number of hydrogen-bond donors (Lipinski definition) is 1. The van der Waals surface area contributed by atoms with Crippen LogP contribution in [0, 0.1) is 6.92 Å². The van der Waals surface area contributed by atoms with Crippen LogP contribution in [-0.4, -0.2) is 0 Å². The van der Waals surface area contributed by atoms with Crippen LogP contribution in [0.3, 0.4) is 0 Å². The Hall–Kier alpha value is -1.76. The zero-order chi connectivity index (χ0) is 9.97. The van der Waals surface area contributed by atoms with Crippen LogP contribution in [0.5, 0.6) is 0 Å². The number of hydrogen-bond acceptors (Lipinski definition) is 1. The molecule has 1 heteroatoms. The van der Waals surface area contributed by atoms with Crippen molar-refractivity contribution in [1.82, 2.24) is 0 Å². The van der Waals surface area contributed by atoms with Gasteiger partial charge in [-0.2, -0.15) is 0 Å². The van der Waals surface area contributed by atoms with E-state index in [-0.39, 0.29) is 0 Å². The lowest BCUT2D eigenvalue weighted by Crippen LogP contribution is -1.89. The Morgan fingerprint density at radius 3 is 2.21 bits per heavy atom. The molecule has 0 radical (unpaired) electrons. The Kier molecular flexibility index (Phi) is 2.23. The molecule has 0 spiro atoms. The molecule has 0 fully saturated rings. The Morgan fingerprint density at radius 2 is 1.57 bits per heavy atom. The molecular formula is C13H13N. The maximum Gasteiger partial charge on any atom is 0.0349 e. The minimum atomic E-state index is 0.853. The van der Waals surface area contributed by atoms with Crippen LogP contribution < -0.4 is 5.73 Å². The Labute approximate surface area is 84.2 Å². The highest BCUT2D eigenvalue weighted by molar-refractivity contribution is 5.68. The Morgan fingerprint density at radius 1 is 0.857 bits per heavy atom. The second-order valence-electron chi connectivity index (χ2n) is 3.44. The smallest absolute Gasteiger partial charge is 0.0349 e. The summed E-state index contributed by atoms with van der Waals surface area (Å²) in [5, 5.41) is 0. The van der Waals surface area contributed by atoms with Gasteiger partial charge in [0.05, 0.1) is 0 Å². The standard InChI is InChI=1S/C13H13N/c1-10-7-8-12(9-13(10)14)11-5-3-2-4-6-11/h2-9H,14H2,1H3. The maximum absolute atomic E-state index is 5.86. The van der Waals surface area contributed by atoms with Crippen LogP contribution in [0.2, 0.25) is 0 Å². The third-order valence-corrected chi connectivity index (χ3v) is 2.39. The number of anilines is 1. The van der Waals surface area contributed by atoms with E-state index in [1.807, 2.05) is 31.2 Å². The van der Waals surface area contributed by atoms with Crippen molar-refractivity contribution in [3.8, 4) is 11.1 Å². The van der Waals surface area contributed by atoms with Gasteiger partial charge < -0.3 is 5.73 Å². The fourth-order valence-corrected chi connectivity index (χ4v) is 1.45. The van der Waals surface area contributed by atoms with Crippen LogP contribution in [-0.2, 0) is 0 Å². The molecule has 0 aromatic heterocycles. The quantitative estimate of drug-likeness (QED) is 0.675. The Bertz CT molecular complexity index is 432. The van der Waals surface area contributed by atoms with Crippen LogP contribution in [0.4, 0.5) is 5.69 Å². The van der Waals surface area contributed by atoms with Crippen LogP contribution >= 0.6 is 0 Å². The molecule has 0 amide bonds. The fraction of sp³-hybridized carbons (Fsp3) is 0.0769. The molecule has 2 aromatic carbocycles. The number of nitrogens with two attached hydrogens (primary N) is 1. The molecule has 0 aliphatic rings. The van der Waals surface area contributed by atoms with Crippen LogP contribution in [0.15, 0.2) is 48.5 Å². The van der Waals surface area contributed by atoms with Crippen molar-refractivity contribution in [3.63, 3.8) is 0 Å². The van der Waals surface area contributed by atoms with Gasteiger partial charge in [0.25, 0.3) is 0 Å². The lowest BCUT2D eigenvalue weighted by Gasteiger charge is -2.04. The van der Waals surface area contributed by atoms with Crippen molar-refractivity contribution in [1.29, 1.82) is 0 Å². The molecular weight excluding hydrogens is 170 g/mol. The van der Waals surface area contributed by atoms with Gasteiger partial charge in [-0.1, -0.05) is 42.5 Å². The zero-order valence-electron chi connectivity index (χ0n) is 8.20. The van der Waals surface area contributed by atoms with E-state index < -0.39 is 0 Å². The second-order valence-corrected chi connectivity index (χ2v) is 3.44. The third-order valence-electron chi connectivity index (χ3n) is 2.39. The normalized spacial score (nSPS) is 10.1. The molecule has 0 heterocycles.